The molecule has 0 aromatic rings. The highest BCUT2D eigenvalue weighted by Gasteiger charge is 2.31. The van der Waals surface area contributed by atoms with E-state index in [0.717, 1.165) is 6.42 Å². The Hall–Kier alpha value is 0.310. The van der Waals surface area contributed by atoms with Gasteiger partial charge in [-0.05, 0) is 51.6 Å². The van der Waals surface area contributed by atoms with Crippen LogP contribution in [0.1, 0.15) is 61.8 Å². The minimum absolute atomic E-state index is 0.0361. The van der Waals surface area contributed by atoms with Crippen molar-refractivity contribution in [1.82, 2.24) is 0 Å². The topological polar surface area (TPSA) is 9.23 Å². The van der Waals surface area contributed by atoms with Gasteiger partial charge in [0.25, 0.3) is 0 Å². The maximum atomic E-state index is 6.02. The first kappa shape index (κ1) is 15.3. The van der Waals surface area contributed by atoms with Crippen molar-refractivity contribution in [3.63, 3.8) is 0 Å². The molecule has 0 aliphatic rings. The molecule has 0 bridgehead atoms. The van der Waals surface area contributed by atoms with Crippen LogP contribution in [0, 0.1) is 11.8 Å². The third-order valence-corrected chi connectivity index (χ3v) is 5.07. The maximum absolute atomic E-state index is 6.02. The predicted octanol–water partition coefficient (Wildman–Crippen LogP) is 4.91. The van der Waals surface area contributed by atoms with Crippen LogP contribution in [0.15, 0.2) is 0 Å². The molecular formula is C13H28OS. The Kier molecular flexibility index (Phi) is 5.70. The molecule has 2 heteroatoms. The molecule has 1 atom stereocenters. The molecule has 0 aromatic carbocycles. The van der Waals surface area contributed by atoms with E-state index in [1.54, 1.807) is 12.0 Å². The SMILES string of the molecule is CCC(C)C(C)(C)OSC(C)(C)C(C)C. The van der Waals surface area contributed by atoms with E-state index in [1.807, 2.05) is 0 Å². The number of hydrogen-bond donors (Lipinski definition) is 0. The Bertz CT molecular complexity index is 185. The molecule has 0 aliphatic carbocycles. The van der Waals surface area contributed by atoms with Gasteiger partial charge in [-0.1, -0.05) is 34.1 Å². The van der Waals surface area contributed by atoms with Gasteiger partial charge in [-0.3, -0.25) is 0 Å². The highest BCUT2D eigenvalue weighted by Crippen LogP contribution is 2.38. The fourth-order valence-corrected chi connectivity index (χ4v) is 1.67. The standard InChI is InChI=1S/C13H28OS/c1-9-11(4)12(5,6)14-15-13(7,8)10(2)3/h10-11H,9H2,1-8H3. The zero-order chi connectivity index (χ0) is 12.3. The summed E-state index contributed by atoms with van der Waals surface area (Å²) in [5.41, 5.74) is -0.0361. The van der Waals surface area contributed by atoms with Crippen LogP contribution in [0.3, 0.4) is 0 Å². The Balaban J connectivity index is 4.26. The third-order valence-electron chi connectivity index (χ3n) is 3.66. The first-order chi connectivity index (χ1) is 6.63. The molecule has 0 heterocycles. The van der Waals surface area contributed by atoms with E-state index in [9.17, 15) is 0 Å². The van der Waals surface area contributed by atoms with E-state index in [-0.39, 0.29) is 10.3 Å². The van der Waals surface area contributed by atoms with Gasteiger partial charge in [-0.2, -0.15) is 0 Å². The first-order valence-corrected chi connectivity index (χ1v) is 6.74. The lowest BCUT2D eigenvalue weighted by Crippen LogP contribution is -2.33. The van der Waals surface area contributed by atoms with Crippen LogP contribution in [0.2, 0.25) is 0 Å². The fourth-order valence-electron chi connectivity index (χ4n) is 0.885. The van der Waals surface area contributed by atoms with Crippen LogP contribution in [0.25, 0.3) is 0 Å². The Morgan fingerprint density at radius 3 is 1.87 bits per heavy atom. The summed E-state index contributed by atoms with van der Waals surface area (Å²) in [5.74, 6) is 1.21. The summed E-state index contributed by atoms with van der Waals surface area (Å²) in [5, 5.41) is 0. The van der Waals surface area contributed by atoms with Crippen molar-refractivity contribution in [3.05, 3.63) is 0 Å². The molecule has 0 N–H and O–H groups in total. The molecule has 0 aliphatic heterocycles. The molecule has 1 nitrogen and oxygen atoms in total. The monoisotopic (exact) mass is 232 g/mol. The van der Waals surface area contributed by atoms with Crippen LogP contribution in [0.5, 0.6) is 0 Å². The summed E-state index contributed by atoms with van der Waals surface area (Å²) < 4.78 is 6.21. The van der Waals surface area contributed by atoms with Crippen molar-refractivity contribution >= 4 is 12.0 Å². The van der Waals surface area contributed by atoms with E-state index in [4.69, 9.17) is 4.18 Å². The first-order valence-electron chi connectivity index (χ1n) is 6.00. The zero-order valence-electron chi connectivity index (χ0n) is 11.7. The molecule has 0 radical (unpaired) electrons. The van der Waals surface area contributed by atoms with Gasteiger partial charge in [0.2, 0.25) is 0 Å². The predicted molar refractivity (Wildman–Crippen MR) is 71.1 cm³/mol. The fraction of sp³-hybridized carbons (Fsp3) is 1.00. The van der Waals surface area contributed by atoms with Gasteiger partial charge >= 0.3 is 0 Å². The van der Waals surface area contributed by atoms with E-state index in [2.05, 4.69) is 55.4 Å². The highest BCUT2D eigenvalue weighted by molar-refractivity contribution is 7.96. The minimum Gasteiger partial charge on any atom is -0.309 e. The molecular weight excluding hydrogens is 204 g/mol. The molecule has 0 saturated heterocycles. The summed E-state index contributed by atoms with van der Waals surface area (Å²) >= 11 is 1.64. The van der Waals surface area contributed by atoms with E-state index in [0.29, 0.717) is 11.8 Å². The largest absolute Gasteiger partial charge is 0.309 e. The van der Waals surface area contributed by atoms with Crippen LogP contribution in [-0.4, -0.2) is 10.3 Å². The average molecular weight is 232 g/mol. The van der Waals surface area contributed by atoms with E-state index in [1.165, 1.54) is 0 Å². The second kappa shape index (κ2) is 5.58. The van der Waals surface area contributed by atoms with Gasteiger partial charge in [0.15, 0.2) is 0 Å². The molecule has 1 unspecified atom stereocenters. The minimum atomic E-state index is -0.0361. The molecule has 0 aromatic heterocycles. The second-order valence-corrected chi connectivity index (χ2v) is 7.22. The lowest BCUT2D eigenvalue weighted by atomic mass is 9.91. The lowest BCUT2D eigenvalue weighted by Gasteiger charge is -2.35. The summed E-state index contributed by atoms with van der Waals surface area (Å²) in [4.78, 5) is 0. The molecule has 0 amide bonds. The Morgan fingerprint density at radius 1 is 1.07 bits per heavy atom. The average Bonchev–Trinajstić information content (AvgIpc) is 2.13. The summed E-state index contributed by atoms with van der Waals surface area (Å²) in [6.07, 6.45) is 1.16. The summed E-state index contributed by atoms with van der Waals surface area (Å²) in [6, 6.07) is 0. The van der Waals surface area contributed by atoms with Crippen LogP contribution < -0.4 is 0 Å². The number of hydrogen-bond acceptors (Lipinski definition) is 2. The van der Waals surface area contributed by atoms with E-state index >= 15 is 0 Å². The van der Waals surface area contributed by atoms with Gasteiger partial charge in [0.1, 0.15) is 0 Å². The molecule has 15 heavy (non-hydrogen) atoms. The Labute approximate surface area is 101 Å². The van der Waals surface area contributed by atoms with Gasteiger partial charge in [0.05, 0.1) is 5.60 Å². The van der Waals surface area contributed by atoms with Crippen molar-refractivity contribution in [2.45, 2.75) is 72.2 Å². The zero-order valence-corrected chi connectivity index (χ0v) is 12.5. The van der Waals surface area contributed by atoms with E-state index < -0.39 is 0 Å². The van der Waals surface area contributed by atoms with Gasteiger partial charge in [0, 0.05) is 4.75 Å². The quantitative estimate of drug-likeness (QED) is 0.602. The normalized spacial score (nSPS) is 15.8. The van der Waals surface area contributed by atoms with Crippen molar-refractivity contribution in [2.24, 2.45) is 11.8 Å². The molecule has 0 spiro atoms. The molecule has 0 rings (SSSR count). The van der Waals surface area contributed by atoms with Gasteiger partial charge in [-0.25, -0.2) is 0 Å². The molecule has 92 valence electrons. The van der Waals surface area contributed by atoms with Crippen molar-refractivity contribution in [3.8, 4) is 0 Å². The summed E-state index contributed by atoms with van der Waals surface area (Å²) in [7, 11) is 0. The van der Waals surface area contributed by atoms with Gasteiger partial charge < -0.3 is 4.18 Å². The highest BCUT2D eigenvalue weighted by atomic mass is 32.2. The summed E-state index contributed by atoms with van der Waals surface area (Å²) in [6.45, 7) is 17.8. The van der Waals surface area contributed by atoms with Crippen molar-refractivity contribution in [2.75, 3.05) is 0 Å². The smallest absolute Gasteiger partial charge is 0.0798 e. The van der Waals surface area contributed by atoms with Crippen LogP contribution in [-0.2, 0) is 4.18 Å². The van der Waals surface area contributed by atoms with Crippen molar-refractivity contribution < 1.29 is 4.18 Å². The lowest BCUT2D eigenvalue weighted by molar-refractivity contribution is 0.0705. The number of rotatable bonds is 6. The van der Waals surface area contributed by atoms with Crippen molar-refractivity contribution in [1.29, 1.82) is 0 Å². The van der Waals surface area contributed by atoms with Gasteiger partial charge in [-0.15, -0.1) is 0 Å². The maximum Gasteiger partial charge on any atom is 0.0798 e. The third kappa shape index (κ3) is 4.78. The van der Waals surface area contributed by atoms with Crippen LogP contribution >= 0.6 is 12.0 Å². The Morgan fingerprint density at radius 2 is 1.53 bits per heavy atom. The molecule has 0 saturated carbocycles. The second-order valence-electron chi connectivity index (χ2n) is 5.84. The molecule has 0 fully saturated rings. The van der Waals surface area contributed by atoms with Crippen LogP contribution in [0.4, 0.5) is 0 Å².